The molecule has 0 spiro atoms. The van der Waals surface area contributed by atoms with E-state index in [1.807, 2.05) is 27.1 Å². The van der Waals surface area contributed by atoms with E-state index in [-0.39, 0.29) is 0 Å². The van der Waals surface area contributed by atoms with E-state index in [2.05, 4.69) is 28.2 Å². The Hall–Kier alpha value is -1.33. The maximum absolute atomic E-state index is 4.28. The molecule has 0 bridgehead atoms. The number of rotatable bonds is 2. The summed E-state index contributed by atoms with van der Waals surface area (Å²) in [6.07, 6.45) is 2.72. The Morgan fingerprint density at radius 3 is 2.86 bits per heavy atom. The van der Waals surface area contributed by atoms with Crippen molar-refractivity contribution >= 4 is 0 Å². The maximum Gasteiger partial charge on any atom is 0.116 e. The van der Waals surface area contributed by atoms with Crippen molar-refractivity contribution in [2.24, 2.45) is 0 Å². The molecule has 1 rings (SSSR count). The summed E-state index contributed by atoms with van der Waals surface area (Å²) in [5.74, 6) is 6.16. The highest BCUT2D eigenvalue weighted by molar-refractivity contribution is 5.36. The highest BCUT2D eigenvalue weighted by atomic mass is 14.8. The van der Waals surface area contributed by atoms with Gasteiger partial charge in [0.05, 0.1) is 0 Å². The third-order valence-corrected chi connectivity index (χ3v) is 1.92. The molecule has 1 heterocycles. The van der Waals surface area contributed by atoms with Crippen LogP contribution < -0.4 is 5.32 Å². The van der Waals surface area contributed by atoms with Gasteiger partial charge in [0.15, 0.2) is 0 Å². The lowest BCUT2D eigenvalue weighted by Gasteiger charge is -1.97. The molecule has 1 N–H and O–H groups in total. The van der Waals surface area contributed by atoms with Gasteiger partial charge in [0.1, 0.15) is 5.69 Å². The molecule has 14 heavy (non-hydrogen) atoms. The van der Waals surface area contributed by atoms with Gasteiger partial charge in [0, 0.05) is 19.2 Å². The topological polar surface area (TPSA) is 24.9 Å². The van der Waals surface area contributed by atoms with Crippen LogP contribution in [0.1, 0.15) is 23.2 Å². The van der Waals surface area contributed by atoms with Gasteiger partial charge >= 0.3 is 0 Å². The van der Waals surface area contributed by atoms with E-state index in [0.29, 0.717) is 0 Å². The Kier molecular flexibility index (Phi) is 4.15. The molecule has 1 aromatic heterocycles. The van der Waals surface area contributed by atoms with Gasteiger partial charge in [-0.15, -0.1) is 0 Å². The number of hydrogen-bond acceptors (Lipinski definition) is 2. The van der Waals surface area contributed by atoms with Crippen LogP contribution in [0.5, 0.6) is 0 Å². The maximum atomic E-state index is 4.28. The van der Waals surface area contributed by atoms with E-state index in [4.69, 9.17) is 0 Å². The summed E-state index contributed by atoms with van der Waals surface area (Å²) in [6, 6.07) is 2.11. The van der Waals surface area contributed by atoms with Gasteiger partial charge in [0.25, 0.3) is 0 Å². The van der Waals surface area contributed by atoms with Crippen molar-refractivity contribution in [3.8, 4) is 11.8 Å². The summed E-state index contributed by atoms with van der Waals surface area (Å²) in [5.41, 5.74) is 3.23. The van der Waals surface area contributed by atoms with E-state index < -0.39 is 0 Å². The minimum atomic E-state index is 0.867. The van der Waals surface area contributed by atoms with Gasteiger partial charge in [0.2, 0.25) is 0 Å². The largest absolute Gasteiger partial charge is 0.319 e. The summed E-state index contributed by atoms with van der Waals surface area (Å²) in [5, 5.41) is 3.05. The third-order valence-electron chi connectivity index (χ3n) is 1.92. The first-order valence-corrected chi connectivity index (χ1v) is 4.80. The molecule has 0 radical (unpaired) electrons. The lowest BCUT2D eigenvalue weighted by atomic mass is 10.1. The zero-order chi connectivity index (χ0) is 10.4. The van der Waals surface area contributed by atoms with Crippen molar-refractivity contribution in [1.82, 2.24) is 10.3 Å². The zero-order valence-corrected chi connectivity index (χ0v) is 9.02. The van der Waals surface area contributed by atoms with Gasteiger partial charge in [-0.05, 0) is 37.9 Å². The summed E-state index contributed by atoms with van der Waals surface area (Å²) >= 11 is 0. The van der Waals surface area contributed by atoms with Gasteiger partial charge in [-0.2, -0.15) is 0 Å². The van der Waals surface area contributed by atoms with Crippen LogP contribution in [0.3, 0.4) is 0 Å². The van der Waals surface area contributed by atoms with E-state index in [1.165, 1.54) is 5.56 Å². The van der Waals surface area contributed by atoms with Crippen LogP contribution >= 0.6 is 0 Å². The van der Waals surface area contributed by atoms with Crippen LogP contribution in [-0.4, -0.2) is 18.6 Å². The molecule has 0 saturated heterocycles. The molecule has 0 aliphatic carbocycles. The van der Waals surface area contributed by atoms with Crippen molar-refractivity contribution in [2.75, 3.05) is 13.6 Å². The van der Waals surface area contributed by atoms with Crippen LogP contribution in [0.25, 0.3) is 0 Å². The molecule has 1 aromatic rings. The SMILES string of the molecule is CNCCC#Cc1ncc(C)cc1C. The first-order chi connectivity index (χ1) is 6.74. The monoisotopic (exact) mass is 188 g/mol. The summed E-state index contributed by atoms with van der Waals surface area (Å²) in [7, 11) is 1.93. The van der Waals surface area contributed by atoms with Crippen molar-refractivity contribution in [3.63, 3.8) is 0 Å². The molecule has 74 valence electrons. The second kappa shape index (κ2) is 5.41. The fourth-order valence-corrected chi connectivity index (χ4v) is 1.18. The smallest absolute Gasteiger partial charge is 0.116 e. The fraction of sp³-hybridized carbons (Fsp3) is 0.417. The van der Waals surface area contributed by atoms with Gasteiger partial charge < -0.3 is 5.32 Å². The van der Waals surface area contributed by atoms with Crippen LogP contribution in [0.2, 0.25) is 0 Å². The average molecular weight is 188 g/mol. The lowest BCUT2D eigenvalue weighted by molar-refractivity contribution is 0.818. The highest BCUT2D eigenvalue weighted by Crippen LogP contribution is 2.04. The Morgan fingerprint density at radius 1 is 1.43 bits per heavy atom. The van der Waals surface area contributed by atoms with Crippen LogP contribution in [-0.2, 0) is 0 Å². The van der Waals surface area contributed by atoms with Crippen molar-refractivity contribution in [2.45, 2.75) is 20.3 Å². The van der Waals surface area contributed by atoms with Crippen molar-refractivity contribution < 1.29 is 0 Å². The molecule has 2 heteroatoms. The molecule has 0 atom stereocenters. The number of aryl methyl sites for hydroxylation is 2. The second-order valence-electron chi connectivity index (χ2n) is 3.33. The number of pyridine rings is 1. The number of aromatic nitrogens is 1. The zero-order valence-electron chi connectivity index (χ0n) is 9.02. The molecular formula is C12H16N2. The number of nitrogens with one attached hydrogen (secondary N) is 1. The highest BCUT2D eigenvalue weighted by Gasteiger charge is 1.94. The molecule has 0 saturated carbocycles. The molecule has 0 aromatic carbocycles. The lowest BCUT2D eigenvalue weighted by Crippen LogP contribution is -2.05. The van der Waals surface area contributed by atoms with Gasteiger partial charge in [-0.25, -0.2) is 4.98 Å². The van der Waals surface area contributed by atoms with Crippen LogP contribution in [0, 0.1) is 25.7 Å². The quantitative estimate of drug-likeness (QED) is 0.564. The Balaban J connectivity index is 2.70. The first-order valence-electron chi connectivity index (χ1n) is 4.80. The standard InChI is InChI=1S/C12H16N2/c1-10-8-11(2)12(14-9-10)6-4-5-7-13-3/h8-9,13H,5,7H2,1-3H3. The van der Waals surface area contributed by atoms with E-state index in [0.717, 1.165) is 24.2 Å². The summed E-state index contributed by atoms with van der Waals surface area (Å²) in [6.45, 7) is 5.01. The van der Waals surface area contributed by atoms with Crippen LogP contribution in [0.4, 0.5) is 0 Å². The molecule has 0 aliphatic rings. The minimum absolute atomic E-state index is 0.867. The molecule has 0 unspecified atom stereocenters. The fourth-order valence-electron chi connectivity index (χ4n) is 1.18. The molecule has 0 fully saturated rings. The van der Waals surface area contributed by atoms with Gasteiger partial charge in [-0.3, -0.25) is 0 Å². The third kappa shape index (κ3) is 3.20. The van der Waals surface area contributed by atoms with E-state index in [1.54, 1.807) is 0 Å². The Labute approximate surface area is 85.8 Å². The Morgan fingerprint density at radius 2 is 2.21 bits per heavy atom. The molecule has 0 amide bonds. The average Bonchev–Trinajstić information content (AvgIpc) is 2.15. The van der Waals surface area contributed by atoms with Gasteiger partial charge in [-0.1, -0.05) is 12.0 Å². The number of nitrogens with zero attached hydrogens (tertiary/aromatic N) is 1. The normalized spacial score (nSPS) is 9.36. The minimum Gasteiger partial charge on any atom is -0.319 e. The predicted molar refractivity (Wildman–Crippen MR) is 59.1 cm³/mol. The number of hydrogen-bond donors (Lipinski definition) is 1. The van der Waals surface area contributed by atoms with E-state index >= 15 is 0 Å². The van der Waals surface area contributed by atoms with Crippen molar-refractivity contribution in [3.05, 3.63) is 29.1 Å². The Bertz CT molecular complexity index is 358. The predicted octanol–water partition coefficient (Wildman–Crippen LogP) is 1.66. The first kappa shape index (κ1) is 10.7. The summed E-state index contributed by atoms with van der Waals surface area (Å²) in [4.78, 5) is 4.28. The van der Waals surface area contributed by atoms with Crippen LogP contribution in [0.15, 0.2) is 12.3 Å². The second-order valence-corrected chi connectivity index (χ2v) is 3.33. The summed E-state index contributed by atoms with van der Waals surface area (Å²) < 4.78 is 0. The molecule has 0 aliphatic heterocycles. The molecule has 2 nitrogen and oxygen atoms in total. The molecular weight excluding hydrogens is 172 g/mol. The van der Waals surface area contributed by atoms with Crippen molar-refractivity contribution in [1.29, 1.82) is 0 Å². The van der Waals surface area contributed by atoms with E-state index in [9.17, 15) is 0 Å².